The molecule has 6 nitrogen and oxygen atoms in total. The summed E-state index contributed by atoms with van der Waals surface area (Å²) in [4.78, 5) is 22.2. The van der Waals surface area contributed by atoms with E-state index in [4.69, 9.17) is 5.73 Å². The second kappa shape index (κ2) is 7.10. The maximum Gasteiger partial charge on any atom is 0.324 e. The quantitative estimate of drug-likeness (QED) is 0.568. The number of hydrogen-bond donors (Lipinski definition) is 2. The van der Waals surface area contributed by atoms with Gasteiger partial charge in [-0.25, -0.2) is 9.78 Å². The van der Waals surface area contributed by atoms with Crippen molar-refractivity contribution in [3.63, 3.8) is 0 Å². The lowest BCUT2D eigenvalue weighted by Gasteiger charge is -2.17. The fourth-order valence-corrected chi connectivity index (χ4v) is 3.02. The average molecular weight is 339 g/mol. The number of urea groups is 1. The zero-order valence-electron chi connectivity index (χ0n) is 13.1. The standard InChI is InChI=1S/C17H17N5OS/c1-22(11-12-7-3-2-4-8-12)17(23)21-15(18)20-16-19-13-9-5-6-10-14(13)24-16/h2-10H,11H2,1H3,(H3,18,19,20,21,23). The first-order valence-electron chi connectivity index (χ1n) is 7.37. The van der Waals surface area contributed by atoms with E-state index in [1.165, 1.54) is 16.2 Å². The monoisotopic (exact) mass is 339 g/mol. The number of amides is 2. The van der Waals surface area contributed by atoms with E-state index in [-0.39, 0.29) is 12.0 Å². The maximum absolute atomic E-state index is 12.2. The Bertz CT molecular complexity index is 842. The minimum absolute atomic E-state index is 0.0268. The van der Waals surface area contributed by atoms with Crippen LogP contribution in [0.5, 0.6) is 0 Å². The number of aromatic nitrogens is 1. The zero-order valence-corrected chi connectivity index (χ0v) is 14.0. The molecule has 2 amide bonds. The van der Waals surface area contributed by atoms with Crippen LogP contribution in [0.1, 0.15) is 5.56 Å². The molecule has 0 unspecified atom stereocenters. The van der Waals surface area contributed by atoms with Gasteiger partial charge >= 0.3 is 6.03 Å². The lowest BCUT2D eigenvalue weighted by molar-refractivity contribution is 0.212. The number of hydrogen-bond acceptors (Lipinski definition) is 4. The molecule has 0 bridgehead atoms. The first-order valence-corrected chi connectivity index (χ1v) is 8.19. The molecule has 0 radical (unpaired) electrons. The predicted molar refractivity (Wildman–Crippen MR) is 97.3 cm³/mol. The van der Waals surface area contributed by atoms with Crippen molar-refractivity contribution in [1.82, 2.24) is 15.2 Å². The number of thiazole rings is 1. The summed E-state index contributed by atoms with van der Waals surface area (Å²) in [6.07, 6.45) is 0. The van der Waals surface area contributed by atoms with Gasteiger partial charge in [0.25, 0.3) is 0 Å². The molecule has 0 aliphatic carbocycles. The van der Waals surface area contributed by atoms with Crippen LogP contribution in [0.25, 0.3) is 10.2 Å². The van der Waals surface area contributed by atoms with Crippen molar-refractivity contribution < 1.29 is 4.79 Å². The van der Waals surface area contributed by atoms with Crippen LogP contribution in [-0.4, -0.2) is 28.9 Å². The average Bonchev–Trinajstić information content (AvgIpc) is 2.97. The molecule has 0 aliphatic rings. The second-order valence-corrected chi connectivity index (χ2v) is 6.24. The van der Waals surface area contributed by atoms with Crippen LogP contribution >= 0.6 is 11.3 Å². The number of carbonyl (C=O) groups is 1. The van der Waals surface area contributed by atoms with Crippen molar-refractivity contribution in [3.05, 3.63) is 60.2 Å². The smallest absolute Gasteiger partial charge is 0.324 e. The van der Waals surface area contributed by atoms with E-state index >= 15 is 0 Å². The highest BCUT2D eigenvalue weighted by Gasteiger charge is 2.11. The molecule has 0 aliphatic heterocycles. The van der Waals surface area contributed by atoms with Crippen LogP contribution in [0, 0.1) is 0 Å². The third-order valence-corrected chi connectivity index (χ3v) is 4.27. The lowest BCUT2D eigenvalue weighted by Crippen LogP contribution is -2.43. The summed E-state index contributed by atoms with van der Waals surface area (Å²) >= 11 is 1.42. The number of nitrogens with one attached hydrogen (secondary N) is 1. The first-order chi connectivity index (χ1) is 11.6. The molecule has 3 N–H and O–H groups in total. The van der Waals surface area contributed by atoms with Gasteiger partial charge in [0.2, 0.25) is 11.1 Å². The molecule has 0 spiro atoms. The van der Waals surface area contributed by atoms with E-state index in [0.29, 0.717) is 11.7 Å². The summed E-state index contributed by atoms with van der Waals surface area (Å²) in [5.41, 5.74) is 7.72. The van der Waals surface area contributed by atoms with Crippen LogP contribution in [0.4, 0.5) is 9.93 Å². The number of guanidine groups is 1. The number of carbonyl (C=O) groups excluding carboxylic acids is 1. The van der Waals surface area contributed by atoms with Crippen LogP contribution in [0.2, 0.25) is 0 Å². The summed E-state index contributed by atoms with van der Waals surface area (Å²) in [6.45, 7) is 0.487. The normalized spacial score (nSPS) is 11.5. The van der Waals surface area contributed by atoms with Crippen molar-refractivity contribution in [2.24, 2.45) is 10.7 Å². The summed E-state index contributed by atoms with van der Waals surface area (Å²) in [5.74, 6) is 0.0268. The van der Waals surface area contributed by atoms with E-state index in [0.717, 1.165) is 15.8 Å². The number of fused-ring (bicyclic) bond motifs is 1. The Morgan fingerprint density at radius 3 is 2.67 bits per heavy atom. The predicted octanol–water partition coefficient (Wildman–Crippen LogP) is 3.08. The number of aliphatic imine (C=N–C) groups is 1. The van der Waals surface area contributed by atoms with E-state index in [9.17, 15) is 4.79 Å². The fraction of sp³-hybridized carbons (Fsp3) is 0.118. The Balaban J connectivity index is 1.64. The van der Waals surface area contributed by atoms with Gasteiger partial charge in [0.1, 0.15) is 0 Å². The van der Waals surface area contributed by atoms with E-state index in [2.05, 4.69) is 15.3 Å². The third-order valence-electron chi connectivity index (χ3n) is 3.34. The van der Waals surface area contributed by atoms with Gasteiger partial charge in [-0.3, -0.25) is 5.32 Å². The largest absolute Gasteiger partial charge is 0.369 e. The van der Waals surface area contributed by atoms with Crippen LogP contribution in [-0.2, 0) is 6.54 Å². The van der Waals surface area contributed by atoms with Gasteiger partial charge in [-0.2, -0.15) is 4.99 Å². The summed E-state index contributed by atoms with van der Waals surface area (Å²) < 4.78 is 1.02. The highest BCUT2D eigenvalue weighted by molar-refractivity contribution is 7.22. The molecule has 1 heterocycles. The summed E-state index contributed by atoms with van der Waals surface area (Å²) in [6, 6.07) is 17.1. The molecule has 0 atom stereocenters. The molecule has 0 fully saturated rings. The molecule has 0 saturated carbocycles. The molecular formula is C17H17N5OS. The van der Waals surface area contributed by atoms with Gasteiger partial charge in [-0.1, -0.05) is 53.8 Å². The first kappa shape index (κ1) is 15.9. The van der Waals surface area contributed by atoms with Crippen LogP contribution < -0.4 is 11.1 Å². The van der Waals surface area contributed by atoms with Crippen molar-refractivity contribution in [2.45, 2.75) is 6.54 Å². The molecule has 3 aromatic rings. The fourth-order valence-electron chi connectivity index (χ4n) is 2.17. The zero-order chi connectivity index (χ0) is 16.9. The summed E-state index contributed by atoms with van der Waals surface area (Å²) in [7, 11) is 1.70. The Hall–Kier alpha value is -2.93. The molecule has 1 aromatic heterocycles. The SMILES string of the molecule is CN(Cc1ccccc1)C(=O)N/C(N)=N/c1nc2ccccc2s1. The molecule has 0 saturated heterocycles. The number of para-hydroxylation sites is 1. The Kier molecular flexibility index (Phi) is 4.72. The second-order valence-electron chi connectivity index (χ2n) is 5.23. The highest BCUT2D eigenvalue weighted by atomic mass is 32.1. The van der Waals surface area contributed by atoms with Gasteiger partial charge in [0.05, 0.1) is 10.2 Å². The maximum atomic E-state index is 12.2. The van der Waals surface area contributed by atoms with Gasteiger partial charge in [0, 0.05) is 13.6 Å². The topological polar surface area (TPSA) is 83.6 Å². The lowest BCUT2D eigenvalue weighted by atomic mass is 10.2. The highest BCUT2D eigenvalue weighted by Crippen LogP contribution is 2.27. The minimum atomic E-state index is -0.318. The van der Waals surface area contributed by atoms with E-state index in [1.54, 1.807) is 7.05 Å². The van der Waals surface area contributed by atoms with Gasteiger partial charge < -0.3 is 10.6 Å². The van der Waals surface area contributed by atoms with Gasteiger partial charge in [0.15, 0.2) is 0 Å². The minimum Gasteiger partial charge on any atom is -0.369 e. The van der Waals surface area contributed by atoms with Crippen LogP contribution in [0.3, 0.4) is 0 Å². The van der Waals surface area contributed by atoms with Crippen LogP contribution in [0.15, 0.2) is 59.6 Å². The Morgan fingerprint density at radius 2 is 1.92 bits per heavy atom. The van der Waals surface area contributed by atoms with Crippen molar-refractivity contribution >= 4 is 38.7 Å². The van der Waals surface area contributed by atoms with Crippen molar-refractivity contribution in [1.29, 1.82) is 0 Å². The number of nitrogens with zero attached hydrogens (tertiary/aromatic N) is 3. The third kappa shape index (κ3) is 3.88. The molecule has 2 aromatic carbocycles. The summed E-state index contributed by atoms with van der Waals surface area (Å²) in [5, 5.41) is 3.09. The van der Waals surface area contributed by atoms with E-state index < -0.39 is 0 Å². The van der Waals surface area contributed by atoms with Crippen molar-refractivity contribution in [2.75, 3.05) is 7.05 Å². The molecule has 122 valence electrons. The number of benzene rings is 2. The Labute approximate surface area is 143 Å². The molecule has 7 heteroatoms. The number of nitrogens with two attached hydrogens (primary N) is 1. The van der Waals surface area contributed by atoms with Gasteiger partial charge in [-0.05, 0) is 17.7 Å². The van der Waals surface area contributed by atoms with Gasteiger partial charge in [-0.15, -0.1) is 0 Å². The molecular weight excluding hydrogens is 322 g/mol. The van der Waals surface area contributed by atoms with E-state index in [1.807, 2.05) is 54.6 Å². The Morgan fingerprint density at radius 1 is 1.21 bits per heavy atom. The number of rotatable bonds is 3. The molecule has 24 heavy (non-hydrogen) atoms. The van der Waals surface area contributed by atoms with Crippen molar-refractivity contribution in [3.8, 4) is 0 Å². The molecule has 3 rings (SSSR count).